The smallest absolute Gasteiger partial charge is 0.332 e. The Kier molecular flexibility index (Phi) is 5.32. The van der Waals surface area contributed by atoms with Crippen LogP contribution >= 0.6 is 12.2 Å². The Labute approximate surface area is 144 Å². The minimum Gasteiger partial charge on any atom is -0.332 e. The number of hydrogen-bond acceptors (Lipinski definition) is 4. The lowest BCUT2D eigenvalue weighted by molar-refractivity contribution is -0.384. The van der Waals surface area contributed by atoms with Gasteiger partial charge in [-0.2, -0.15) is 13.2 Å². The van der Waals surface area contributed by atoms with Gasteiger partial charge in [0.1, 0.15) is 0 Å². The lowest BCUT2D eigenvalue weighted by Crippen LogP contribution is -2.34. The van der Waals surface area contributed by atoms with Gasteiger partial charge in [-0.05, 0) is 42.5 Å². The predicted octanol–water partition coefficient (Wildman–Crippen LogP) is 3.74. The van der Waals surface area contributed by atoms with Crippen LogP contribution in [0.4, 0.5) is 24.5 Å². The fraction of sp³-hybridized carbons (Fsp3) is 0.0667. The van der Waals surface area contributed by atoms with E-state index in [0.29, 0.717) is 0 Å². The van der Waals surface area contributed by atoms with Crippen molar-refractivity contribution in [2.45, 2.75) is 6.18 Å². The summed E-state index contributed by atoms with van der Waals surface area (Å²) in [5, 5.41) is 15.1. The minimum absolute atomic E-state index is 0.0591. The zero-order valence-corrected chi connectivity index (χ0v) is 13.1. The molecule has 0 aliphatic rings. The molecule has 0 aromatic heterocycles. The fourth-order valence-electron chi connectivity index (χ4n) is 1.85. The first kappa shape index (κ1) is 18.3. The van der Waals surface area contributed by atoms with E-state index in [1.54, 1.807) is 0 Å². The van der Waals surface area contributed by atoms with E-state index >= 15 is 0 Å². The first-order valence-electron chi connectivity index (χ1n) is 6.71. The third kappa shape index (κ3) is 4.98. The third-order valence-electron chi connectivity index (χ3n) is 3.02. The van der Waals surface area contributed by atoms with Crippen molar-refractivity contribution in [2.24, 2.45) is 0 Å². The molecule has 0 bridgehead atoms. The lowest BCUT2D eigenvalue weighted by atomic mass is 10.2. The predicted molar refractivity (Wildman–Crippen MR) is 88.2 cm³/mol. The van der Waals surface area contributed by atoms with Gasteiger partial charge < -0.3 is 5.32 Å². The van der Waals surface area contributed by atoms with E-state index < -0.39 is 22.6 Å². The largest absolute Gasteiger partial charge is 0.416 e. The number of hydrogen-bond donors (Lipinski definition) is 2. The summed E-state index contributed by atoms with van der Waals surface area (Å²) in [7, 11) is 0. The van der Waals surface area contributed by atoms with E-state index in [4.69, 9.17) is 12.2 Å². The first-order valence-corrected chi connectivity index (χ1v) is 7.11. The van der Waals surface area contributed by atoms with Crippen LogP contribution in [0, 0.1) is 10.1 Å². The van der Waals surface area contributed by atoms with Crippen molar-refractivity contribution < 1.29 is 22.9 Å². The van der Waals surface area contributed by atoms with Crippen molar-refractivity contribution in [1.29, 1.82) is 0 Å². The second-order valence-corrected chi connectivity index (χ2v) is 5.20. The van der Waals surface area contributed by atoms with Crippen LogP contribution in [-0.2, 0) is 6.18 Å². The molecule has 25 heavy (non-hydrogen) atoms. The highest BCUT2D eigenvalue weighted by Crippen LogP contribution is 2.30. The molecular formula is C15H10F3N3O3S. The Morgan fingerprint density at radius 1 is 1.12 bits per heavy atom. The molecule has 0 aliphatic carbocycles. The highest BCUT2D eigenvalue weighted by Gasteiger charge is 2.30. The molecule has 1 amide bonds. The molecule has 2 aromatic rings. The number of amides is 1. The van der Waals surface area contributed by atoms with Crippen molar-refractivity contribution in [2.75, 3.05) is 5.32 Å². The Morgan fingerprint density at radius 2 is 1.76 bits per heavy atom. The molecule has 0 spiro atoms. The van der Waals surface area contributed by atoms with Crippen molar-refractivity contribution in [3.05, 3.63) is 69.8 Å². The Hall–Kier alpha value is -3.01. The van der Waals surface area contributed by atoms with Crippen LogP contribution in [0.5, 0.6) is 0 Å². The standard InChI is InChI=1S/C15H10F3N3O3S/c16-15(17,18)10-2-1-3-11(8-10)19-14(25)20-13(22)9-4-6-12(7-5-9)21(23)24/h1-8H,(H2,19,20,22,25). The molecule has 6 nitrogen and oxygen atoms in total. The molecular weight excluding hydrogens is 359 g/mol. The molecule has 10 heteroatoms. The maximum Gasteiger partial charge on any atom is 0.416 e. The van der Waals surface area contributed by atoms with E-state index in [0.717, 1.165) is 24.3 Å². The molecule has 0 saturated heterocycles. The summed E-state index contributed by atoms with van der Waals surface area (Å²) in [6, 6.07) is 9.09. The monoisotopic (exact) mass is 369 g/mol. The van der Waals surface area contributed by atoms with Crippen LogP contribution < -0.4 is 10.6 Å². The van der Waals surface area contributed by atoms with E-state index in [1.807, 2.05) is 0 Å². The number of nitro groups is 1. The van der Waals surface area contributed by atoms with E-state index in [2.05, 4.69) is 10.6 Å². The summed E-state index contributed by atoms with van der Waals surface area (Å²) >= 11 is 4.88. The van der Waals surface area contributed by atoms with Gasteiger partial charge in [0.2, 0.25) is 0 Å². The van der Waals surface area contributed by atoms with Crippen molar-refractivity contribution >= 4 is 34.6 Å². The van der Waals surface area contributed by atoms with Gasteiger partial charge >= 0.3 is 6.18 Å². The SMILES string of the molecule is O=C(NC(=S)Nc1cccc(C(F)(F)F)c1)c1ccc([N+](=O)[O-])cc1. The number of halogens is 3. The summed E-state index contributed by atoms with van der Waals surface area (Å²) in [6.07, 6.45) is -4.50. The summed E-state index contributed by atoms with van der Waals surface area (Å²) in [5.41, 5.74) is -0.870. The van der Waals surface area contributed by atoms with E-state index in [-0.39, 0.29) is 22.1 Å². The maximum atomic E-state index is 12.6. The molecule has 2 aromatic carbocycles. The normalized spacial score (nSPS) is 10.8. The number of rotatable bonds is 3. The number of anilines is 1. The number of benzene rings is 2. The molecule has 2 rings (SSSR count). The Morgan fingerprint density at radius 3 is 2.32 bits per heavy atom. The number of non-ortho nitro benzene ring substituents is 1. The lowest BCUT2D eigenvalue weighted by Gasteiger charge is -2.12. The van der Waals surface area contributed by atoms with Crippen LogP contribution in [0.25, 0.3) is 0 Å². The number of alkyl halides is 3. The number of nitro benzene ring substituents is 1. The average molecular weight is 369 g/mol. The summed E-state index contributed by atoms with van der Waals surface area (Å²) in [4.78, 5) is 21.9. The number of carbonyl (C=O) groups is 1. The van der Waals surface area contributed by atoms with Crippen LogP contribution in [-0.4, -0.2) is 15.9 Å². The average Bonchev–Trinajstić information content (AvgIpc) is 2.54. The molecule has 130 valence electrons. The van der Waals surface area contributed by atoms with Crippen LogP contribution in [0.2, 0.25) is 0 Å². The molecule has 0 heterocycles. The third-order valence-corrected chi connectivity index (χ3v) is 3.22. The number of carbonyl (C=O) groups excluding carboxylic acids is 1. The topological polar surface area (TPSA) is 84.3 Å². The van der Waals surface area contributed by atoms with Gasteiger partial charge in [0, 0.05) is 23.4 Å². The quantitative estimate of drug-likeness (QED) is 0.489. The summed E-state index contributed by atoms with van der Waals surface area (Å²) in [6.45, 7) is 0. The fourth-order valence-corrected chi connectivity index (χ4v) is 2.06. The van der Waals surface area contributed by atoms with Crippen molar-refractivity contribution in [3.8, 4) is 0 Å². The van der Waals surface area contributed by atoms with Crippen LogP contribution in [0.15, 0.2) is 48.5 Å². The minimum atomic E-state index is -4.50. The molecule has 0 radical (unpaired) electrons. The Balaban J connectivity index is 2.02. The maximum absolute atomic E-state index is 12.6. The van der Waals surface area contributed by atoms with E-state index in [1.165, 1.54) is 24.3 Å². The highest BCUT2D eigenvalue weighted by molar-refractivity contribution is 7.80. The number of thiocarbonyl (C=S) groups is 1. The highest BCUT2D eigenvalue weighted by atomic mass is 32.1. The molecule has 0 aliphatic heterocycles. The second-order valence-electron chi connectivity index (χ2n) is 4.79. The van der Waals surface area contributed by atoms with E-state index in [9.17, 15) is 28.1 Å². The van der Waals surface area contributed by atoms with Crippen molar-refractivity contribution in [1.82, 2.24) is 5.32 Å². The summed E-state index contributed by atoms with van der Waals surface area (Å²) < 4.78 is 37.9. The van der Waals surface area contributed by atoms with Gasteiger partial charge in [-0.25, -0.2) is 0 Å². The number of nitrogens with one attached hydrogen (secondary N) is 2. The van der Waals surface area contributed by atoms with Gasteiger partial charge in [0.15, 0.2) is 5.11 Å². The zero-order valence-electron chi connectivity index (χ0n) is 12.3. The molecule has 0 atom stereocenters. The van der Waals surface area contributed by atoms with Gasteiger partial charge in [0.25, 0.3) is 11.6 Å². The summed E-state index contributed by atoms with van der Waals surface area (Å²) in [5.74, 6) is -0.653. The first-order chi connectivity index (χ1) is 11.7. The molecule has 2 N–H and O–H groups in total. The van der Waals surface area contributed by atoms with Gasteiger partial charge in [0.05, 0.1) is 10.5 Å². The Bertz CT molecular complexity index is 823. The molecule has 0 unspecified atom stereocenters. The zero-order chi connectivity index (χ0) is 18.6. The van der Waals surface area contributed by atoms with Gasteiger partial charge in [-0.3, -0.25) is 20.2 Å². The van der Waals surface area contributed by atoms with Gasteiger partial charge in [-0.1, -0.05) is 6.07 Å². The van der Waals surface area contributed by atoms with Gasteiger partial charge in [-0.15, -0.1) is 0 Å². The van der Waals surface area contributed by atoms with Crippen LogP contribution in [0.3, 0.4) is 0 Å². The van der Waals surface area contributed by atoms with Crippen LogP contribution in [0.1, 0.15) is 15.9 Å². The second kappa shape index (κ2) is 7.26. The number of nitrogens with zero attached hydrogens (tertiary/aromatic N) is 1. The molecule has 0 saturated carbocycles. The molecule has 0 fully saturated rings. The van der Waals surface area contributed by atoms with Crippen molar-refractivity contribution in [3.63, 3.8) is 0 Å².